The van der Waals surface area contributed by atoms with Gasteiger partial charge in [-0.25, -0.2) is 4.98 Å². The summed E-state index contributed by atoms with van der Waals surface area (Å²) >= 11 is 0. The summed E-state index contributed by atoms with van der Waals surface area (Å²) in [7, 11) is 0. The molecule has 0 fully saturated rings. The van der Waals surface area contributed by atoms with E-state index in [0.29, 0.717) is 23.1 Å². The Kier molecular flexibility index (Phi) is 3.97. The molecule has 0 aliphatic rings. The van der Waals surface area contributed by atoms with E-state index in [2.05, 4.69) is 20.4 Å². The average Bonchev–Trinajstić information content (AvgIpc) is 2.88. The van der Waals surface area contributed by atoms with E-state index in [0.717, 1.165) is 0 Å². The quantitative estimate of drug-likeness (QED) is 0.862. The lowest BCUT2D eigenvalue weighted by molar-refractivity contribution is -0.137. The van der Waals surface area contributed by atoms with E-state index in [9.17, 15) is 4.79 Å². The maximum atomic E-state index is 10.8. The zero-order valence-electron chi connectivity index (χ0n) is 11.5. The molecular weight excluding hydrogens is 260 g/mol. The number of carboxylic acids is 1. The van der Waals surface area contributed by atoms with Crippen molar-refractivity contribution in [3.8, 4) is 11.5 Å². The molecule has 1 atom stereocenters. The molecule has 2 aromatic heterocycles. The molecule has 2 rings (SSSR count). The number of hydrogen-bond donors (Lipinski definition) is 2. The van der Waals surface area contributed by atoms with E-state index < -0.39 is 12.0 Å². The van der Waals surface area contributed by atoms with Gasteiger partial charge in [0, 0.05) is 17.7 Å². The third kappa shape index (κ3) is 3.11. The highest BCUT2D eigenvalue weighted by Crippen LogP contribution is 2.21. The molecule has 0 saturated heterocycles. The number of aliphatic carboxylic acids is 1. The first-order valence-electron chi connectivity index (χ1n) is 6.26. The fourth-order valence-corrected chi connectivity index (χ4v) is 1.51. The molecule has 0 amide bonds. The molecule has 0 spiro atoms. The Morgan fingerprint density at radius 2 is 2.15 bits per heavy atom. The van der Waals surface area contributed by atoms with E-state index in [4.69, 9.17) is 9.63 Å². The molecule has 2 heterocycles. The van der Waals surface area contributed by atoms with Gasteiger partial charge in [0.2, 0.25) is 0 Å². The van der Waals surface area contributed by atoms with Crippen LogP contribution in [0, 0.1) is 0 Å². The van der Waals surface area contributed by atoms with Crippen LogP contribution in [0.3, 0.4) is 0 Å². The number of carboxylic acid groups (broad SMARTS) is 1. The molecule has 2 aromatic rings. The van der Waals surface area contributed by atoms with Gasteiger partial charge in [0.15, 0.2) is 5.82 Å². The highest BCUT2D eigenvalue weighted by atomic mass is 16.5. The van der Waals surface area contributed by atoms with Crippen molar-refractivity contribution < 1.29 is 14.4 Å². The fraction of sp³-hybridized carbons (Fsp3) is 0.385. The molecule has 106 valence electrons. The van der Waals surface area contributed by atoms with Crippen LogP contribution in [-0.4, -0.2) is 32.2 Å². The van der Waals surface area contributed by atoms with Crippen molar-refractivity contribution in [3.63, 3.8) is 0 Å². The van der Waals surface area contributed by atoms with Gasteiger partial charge in [-0.3, -0.25) is 4.79 Å². The number of nitrogens with one attached hydrogen (secondary N) is 1. The minimum Gasteiger partial charge on any atom is -0.480 e. The monoisotopic (exact) mass is 276 g/mol. The summed E-state index contributed by atoms with van der Waals surface area (Å²) in [6.07, 6.45) is 1.56. The maximum Gasteiger partial charge on any atom is 0.325 e. The maximum absolute atomic E-state index is 10.8. The summed E-state index contributed by atoms with van der Waals surface area (Å²) in [6, 6.07) is 2.68. The fourth-order valence-electron chi connectivity index (χ4n) is 1.51. The van der Waals surface area contributed by atoms with Crippen LogP contribution in [0.1, 0.15) is 32.5 Å². The van der Waals surface area contributed by atoms with Crippen molar-refractivity contribution in [1.29, 1.82) is 0 Å². The molecule has 0 aliphatic carbocycles. The van der Waals surface area contributed by atoms with Gasteiger partial charge in [0.1, 0.15) is 11.9 Å². The number of rotatable bonds is 5. The zero-order valence-corrected chi connectivity index (χ0v) is 11.5. The van der Waals surface area contributed by atoms with Gasteiger partial charge in [-0.15, -0.1) is 0 Å². The Morgan fingerprint density at radius 1 is 1.40 bits per heavy atom. The van der Waals surface area contributed by atoms with E-state index in [1.54, 1.807) is 25.3 Å². The lowest BCUT2D eigenvalue weighted by Gasteiger charge is -2.09. The third-order valence-corrected chi connectivity index (χ3v) is 2.70. The van der Waals surface area contributed by atoms with Crippen molar-refractivity contribution in [3.05, 3.63) is 24.2 Å². The Hall–Kier alpha value is -2.44. The van der Waals surface area contributed by atoms with Gasteiger partial charge >= 0.3 is 5.97 Å². The number of anilines is 1. The molecule has 0 aliphatic heterocycles. The predicted octanol–water partition coefficient (Wildman–Crippen LogP) is 2.14. The first-order chi connectivity index (χ1) is 9.47. The summed E-state index contributed by atoms with van der Waals surface area (Å²) in [5.41, 5.74) is 0.694. The Morgan fingerprint density at radius 3 is 2.75 bits per heavy atom. The molecule has 2 N–H and O–H groups in total. The minimum absolute atomic E-state index is 0.180. The van der Waals surface area contributed by atoms with Crippen LogP contribution in [0.2, 0.25) is 0 Å². The summed E-state index contributed by atoms with van der Waals surface area (Å²) in [6.45, 7) is 5.49. The van der Waals surface area contributed by atoms with Gasteiger partial charge in [0.05, 0.1) is 0 Å². The largest absolute Gasteiger partial charge is 0.480 e. The Balaban J connectivity index is 2.22. The van der Waals surface area contributed by atoms with Crippen molar-refractivity contribution in [1.82, 2.24) is 15.1 Å². The van der Waals surface area contributed by atoms with Crippen LogP contribution in [0.25, 0.3) is 11.5 Å². The number of hydrogen-bond acceptors (Lipinski definition) is 6. The van der Waals surface area contributed by atoms with Crippen molar-refractivity contribution in [2.45, 2.75) is 32.7 Å². The summed E-state index contributed by atoms with van der Waals surface area (Å²) in [5.74, 6) is 0.699. The lowest BCUT2D eigenvalue weighted by atomic mass is 10.2. The standard InChI is InChI=1S/C13H16N4O3/c1-7(2)11-16-12(20-17-11)9-4-5-14-10(6-9)15-8(3)13(18)19/h4-8H,1-3H3,(H,14,15)(H,18,19)/t8-/m1/s1. The topological polar surface area (TPSA) is 101 Å². The molecule has 0 radical (unpaired) electrons. The lowest BCUT2D eigenvalue weighted by Crippen LogP contribution is -2.25. The van der Waals surface area contributed by atoms with Crippen molar-refractivity contribution in [2.24, 2.45) is 0 Å². The highest BCUT2D eigenvalue weighted by molar-refractivity contribution is 5.76. The normalized spacial score (nSPS) is 12.4. The van der Waals surface area contributed by atoms with Crippen LogP contribution < -0.4 is 5.32 Å². The van der Waals surface area contributed by atoms with Crippen LogP contribution in [0.15, 0.2) is 22.9 Å². The third-order valence-electron chi connectivity index (χ3n) is 2.70. The first kappa shape index (κ1) is 14.0. The number of pyridine rings is 1. The molecule has 0 unspecified atom stereocenters. The van der Waals surface area contributed by atoms with Crippen LogP contribution in [0.5, 0.6) is 0 Å². The molecule has 7 nitrogen and oxygen atoms in total. The number of aromatic nitrogens is 3. The molecule has 7 heteroatoms. The van der Waals surface area contributed by atoms with E-state index in [-0.39, 0.29) is 5.92 Å². The highest BCUT2D eigenvalue weighted by Gasteiger charge is 2.14. The molecule has 0 saturated carbocycles. The van der Waals surface area contributed by atoms with Crippen LogP contribution >= 0.6 is 0 Å². The average molecular weight is 276 g/mol. The van der Waals surface area contributed by atoms with Gasteiger partial charge in [-0.05, 0) is 19.1 Å². The second kappa shape index (κ2) is 5.68. The SMILES string of the molecule is CC(C)c1noc(-c2ccnc(N[C@H](C)C(=O)O)c2)n1. The second-order valence-corrected chi connectivity index (χ2v) is 4.75. The molecular formula is C13H16N4O3. The smallest absolute Gasteiger partial charge is 0.325 e. The van der Waals surface area contributed by atoms with Gasteiger partial charge in [-0.1, -0.05) is 19.0 Å². The van der Waals surface area contributed by atoms with Crippen molar-refractivity contribution in [2.75, 3.05) is 5.32 Å². The molecule has 0 aromatic carbocycles. The Bertz CT molecular complexity index is 609. The summed E-state index contributed by atoms with van der Waals surface area (Å²) in [5, 5.41) is 15.5. The van der Waals surface area contributed by atoms with Crippen LogP contribution in [-0.2, 0) is 4.79 Å². The number of carbonyl (C=O) groups is 1. The second-order valence-electron chi connectivity index (χ2n) is 4.75. The summed E-state index contributed by atoms with van der Waals surface area (Å²) < 4.78 is 5.19. The van der Waals surface area contributed by atoms with Crippen LogP contribution in [0.4, 0.5) is 5.82 Å². The predicted molar refractivity (Wildman–Crippen MR) is 72.3 cm³/mol. The minimum atomic E-state index is -0.947. The van der Waals surface area contributed by atoms with Crippen molar-refractivity contribution >= 4 is 11.8 Å². The first-order valence-corrected chi connectivity index (χ1v) is 6.26. The zero-order chi connectivity index (χ0) is 14.7. The van der Waals surface area contributed by atoms with E-state index >= 15 is 0 Å². The Labute approximate surface area is 116 Å². The van der Waals surface area contributed by atoms with Gasteiger partial charge in [-0.2, -0.15) is 4.98 Å². The number of nitrogens with zero attached hydrogens (tertiary/aromatic N) is 3. The van der Waals surface area contributed by atoms with E-state index in [1.165, 1.54) is 0 Å². The molecule has 0 bridgehead atoms. The van der Waals surface area contributed by atoms with Gasteiger partial charge < -0.3 is 14.9 Å². The molecule has 20 heavy (non-hydrogen) atoms. The van der Waals surface area contributed by atoms with Gasteiger partial charge in [0.25, 0.3) is 5.89 Å². The summed E-state index contributed by atoms with van der Waals surface area (Å²) in [4.78, 5) is 19.2. The van der Waals surface area contributed by atoms with E-state index in [1.807, 2.05) is 13.8 Å².